The number of ether oxygens (including phenoxy) is 2. The summed E-state index contributed by atoms with van der Waals surface area (Å²) < 4.78 is 81.0. The number of pyridine rings is 1. The summed E-state index contributed by atoms with van der Waals surface area (Å²) in [5, 5.41) is 12.7. The van der Waals surface area contributed by atoms with Crippen molar-refractivity contribution >= 4 is 36.6 Å². The molecule has 0 saturated carbocycles. The van der Waals surface area contributed by atoms with E-state index in [9.17, 15) is 22.5 Å². The van der Waals surface area contributed by atoms with E-state index in [0.717, 1.165) is 0 Å². The van der Waals surface area contributed by atoms with Crippen LogP contribution in [0.25, 0.3) is 11.3 Å². The lowest BCUT2D eigenvalue weighted by Gasteiger charge is -2.41. The predicted molar refractivity (Wildman–Crippen MR) is 172 cm³/mol. The lowest BCUT2D eigenvalue weighted by molar-refractivity contribution is -0.142. The van der Waals surface area contributed by atoms with Crippen LogP contribution in [0.1, 0.15) is 34.2 Å². The largest absolute Gasteiger partial charge is 0.495 e. The Morgan fingerprint density at radius 3 is 2.59 bits per heavy atom. The van der Waals surface area contributed by atoms with E-state index in [1.807, 2.05) is 0 Å². The molecule has 0 unspecified atom stereocenters. The van der Waals surface area contributed by atoms with Crippen molar-refractivity contribution in [2.75, 3.05) is 51.2 Å². The van der Waals surface area contributed by atoms with Crippen LogP contribution in [0.5, 0.6) is 5.75 Å². The maximum Gasteiger partial charge on any atom is 0.421 e. The highest BCUT2D eigenvalue weighted by atomic mass is 31.2. The molecule has 14 nitrogen and oxygen atoms in total. The third kappa shape index (κ3) is 7.25. The molecule has 4 aromatic rings. The average Bonchev–Trinajstić information content (AvgIpc) is 3.41. The molecular formula is C31H34F3N8O6P. The van der Waals surface area contributed by atoms with Gasteiger partial charge in [-0.05, 0) is 43.7 Å². The number of aryl methyl sites for hydroxylation is 1. The molecular weight excluding hydrogens is 668 g/mol. The molecule has 1 fully saturated rings. The third-order valence-corrected chi connectivity index (χ3v) is 9.93. The lowest BCUT2D eigenvalue weighted by Crippen LogP contribution is -2.49. The van der Waals surface area contributed by atoms with Gasteiger partial charge in [0.2, 0.25) is 5.95 Å². The number of amides is 1. The molecule has 1 atom stereocenters. The van der Waals surface area contributed by atoms with Gasteiger partial charge in [0.25, 0.3) is 5.91 Å². The second kappa shape index (κ2) is 13.4. The van der Waals surface area contributed by atoms with Gasteiger partial charge in [-0.25, -0.2) is 9.97 Å². The van der Waals surface area contributed by atoms with Crippen LogP contribution >= 0.6 is 7.60 Å². The summed E-state index contributed by atoms with van der Waals surface area (Å²) in [6.45, 7) is 4.73. The van der Waals surface area contributed by atoms with Crippen LogP contribution in [0.15, 0.2) is 42.7 Å². The quantitative estimate of drug-likeness (QED) is 0.223. The van der Waals surface area contributed by atoms with E-state index in [0.29, 0.717) is 54.2 Å². The normalized spacial score (nSPS) is 18.8. The van der Waals surface area contributed by atoms with Crippen LogP contribution in [-0.4, -0.2) is 71.2 Å². The highest BCUT2D eigenvalue weighted by molar-refractivity contribution is 7.53. The Morgan fingerprint density at radius 2 is 1.92 bits per heavy atom. The number of halogens is 3. The van der Waals surface area contributed by atoms with E-state index < -0.39 is 36.5 Å². The topological polar surface area (TPSA) is 164 Å². The monoisotopic (exact) mass is 702 g/mol. The first-order valence-corrected chi connectivity index (χ1v) is 17.0. The molecule has 0 radical (unpaired) electrons. The average molecular weight is 703 g/mol. The zero-order chi connectivity index (χ0) is 35.0. The van der Waals surface area contributed by atoms with E-state index in [-0.39, 0.29) is 42.5 Å². The molecule has 260 valence electrons. The van der Waals surface area contributed by atoms with Crippen LogP contribution in [0.2, 0.25) is 0 Å². The molecule has 5 aliphatic heterocycles. The molecule has 8 bridgehead atoms. The second-order valence-electron chi connectivity index (χ2n) is 11.7. The van der Waals surface area contributed by atoms with E-state index >= 15 is 0 Å². The smallest absolute Gasteiger partial charge is 0.421 e. The first kappa shape index (κ1) is 34.3. The minimum Gasteiger partial charge on any atom is -0.495 e. The van der Waals surface area contributed by atoms with E-state index in [4.69, 9.17) is 18.5 Å². The van der Waals surface area contributed by atoms with Gasteiger partial charge < -0.3 is 34.5 Å². The van der Waals surface area contributed by atoms with Gasteiger partial charge in [-0.1, -0.05) is 6.07 Å². The number of methoxy groups -OCH3 is 1. The molecule has 5 aliphatic rings. The van der Waals surface area contributed by atoms with Crippen molar-refractivity contribution in [2.45, 2.75) is 32.7 Å². The van der Waals surface area contributed by atoms with Gasteiger partial charge in [0, 0.05) is 25.0 Å². The zero-order valence-corrected chi connectivity index (χ0v) is 27.9. The number of carbonyl (C=O) groups excluding carboxylic acids is 1. The van der Waals surface area contributed by atoms with Crippen LogP contribution in [-0.2, 0) is 37.2 Å². The van der Waals surface area contributed by atoms with Gasteiger partial charge >= 0.3 is 13.8 Å². The molecule has 8 heterocycles. The van der Waals surface area contributed by atoms with E-state index in [2.05, 4.69) is 36.0 Å². The molecule has 1 aromatic carbocycles. The van der Waals surface area contributed by atoms with Gasteiger partial charge in [-0.2, -0.15) is 23.3 Å². The molecule has 9 rings (SSSR count). The van der Waals surface area contributed by atoms with Crippen molar-refractivity contribution in [1.82, 2.24) is 30.0 Å². The summed E-state index contributed by atoms with van der Waals surface area (Å²) in [6, 6.07) is 7.89. The van der Waals surface area contributed by atoms with Crippen molar-refractivity contribution in [1.29, 1.82) is 0 Å². The van der Waals surface area contributed by atoms with Crippen molar-refractivity contribution in [3.8, 4) is 17.0 Å². The minimum absolute atomic E-state index is 0.0196. The molecule has 1 spiro atoms. The number of anilines is 4. The number of benzene rings is 1. The number of rotatable bonds is 4. The summed E-state index contributed by atoms with van der Waals surface area (Å²) in [5.41, 5.74) is 0.530. The fourth-order valence-electron chi connectivity index (χ4n) is 5.52. The minimum atomic E-state index is -4.84. The van der Waals surface area contributed by atoms with Gasteiger partial charge in [0.1, 0.15) is 17.1 Å². The number of alkyl halides is 3. The Kier molecular flexibility index (Phi) is 9.37. The number of hydrogen-bond donors (Lipinski definition) is 3. The van der Waals surface area contributed by atoms with E-state index in [1.165, 1.54) is 20.2 Å². The predicted octanol–water partition coefficient (Wildman–Crippen LogP) is 5.69. The first-order valence-electron chi connectivity index (χ1n) is 15.2. The standard InChI is InChI=1S/C31H34F3N8O6P/c1-5-47-49(44)13-19-6-7-23(25(10-19)45-4)39-29-36-11-21(31(32,33)34)27(40-29)38-24-9-8-22(37-26(24)28(43)35-3)20-12-42(41-18(20)2)14-30(17-48-49)15-46-16-30/h6-12H,5,13-17H2,1-4H3,(H,35,43)(H2,36,38,39,40)/t49-/m0/s1. The number of carbonyl (C=O) groups is 1. The van der Waals surface area contributed by atoms with Gasteiger partial charge in [0.15, 0.2) is 5.69 Å². The zero-order valence-electron chi connectivity index (χ0n) is 27.1. The van der Waals surface area contributed by atoms with Crippen molar-refractivity contribution in [3.63, 3.8) is 0 Å². The lowest BCUT2D eigenvalue weighted by atomic mass is 9.87. The third-order valence-electron chi connectivity index (χ3n) is 8.00. The van der Waals surface area contributed by atoms with Gasteiger partial charge in [-0.3, -0.25) is 14.0 Å². The number of nitrogens with zero attached hydrogens (tertiary/aromatic N) is 5. The maximum absolute atomic E-state index is 14.2. The number of hydrogen-bond acceptors (Lipinski definition) is 12. The number of nitrogens with one attached hydrogen (secondary N) is 3. The van der Waals surface area contributed by atoms with Gasteiger partial charge in [-0.15, -0.1) is 0 Å². The Labute approximate surface area is 279 Å². The second-order valence-corrected chi connectivity index (χ2v) is 13.7. The molecule has 18 heteroatoms. The van der Waals surface area contributed by atoms with Crippen LogP contribution < -0.4 is 20.7 Å². The summed E-state index contributed by atoms with van der Waals surface area (Å²) in [4.78, 5) is 25.6. The van der Waals surface area contributed by atoms with Crippen LogP contribution in [0, 0.1) is 12.3 Å². The molecule has 1 saturated heterocycles. The number of aromatic nitrogens is 5. The Bertz CT molecular complexity index is 1930. The molecule has 3 N–H and O–H groups in total. The van der Waals surface area contributed by atoms with Crippen molar-refractivity contribution in [3.05, 3.63) is 65.2 Å². The summed E-state index contributed by atoms with van der Waals surface area (Å²) in [6.07, 6.45) is -2.52. The first-order chi connectivity index (χ1) is 23.3. The van der Waals surface area contributed by atoms with Gasteiger partial charge in [0.05, 0.1) is 74.4 Å². The SMILES string of the molecule is CCO[P@@]1(=O)Cc2ccc(c(OC)c2)Nc2ncc(C(F)(F)F)c(n2)Nc2ccc(nc2C(=O)NC)-c2cn(nc2C)CC2(COC2)CO1. The van der Waals surface area contributed by atoms with Crippen LogP contribution in [0.4, 0.5) is 36.3 Å². The molecule has 49 heavy (non-hydrogen) atoms. The summed E-state index contributed by atoms with van der Waals surface area (Å²) in [7, 11) is -0.877. The molecule has 0 aliphatic carbocycles. The molecule has 1 amide bonds. The van der Waals surface area contributed by atoms with Crippen molar-refractivity contribution in [2.24, 2.45) is 5.41 Å². The van der Waals surface area contributed by atoms with Crippen LogP contribution in [0.3, 0.4) is 0 Å². The Morgan fingerprint density at radius 1 is 1.14 bits per heavy atom. The molecule has 3 aromatic heterocycles. The summed E-state index contributed by atoms with van der Waals surface area (Å²) >= 11 is 0. The summed E-state index contributed by atoms with van der Waals surface area (Å²) in [5.74, 6) is -1.18. The fourth-order valence-corrected chi connectivity index (χ4v) is 7.29. The maximum atomic E-state index is 14.2. The fraction of sp³-hybridized carbons (Fsp3) is 0.387. The highest BCUT2D eigenvalue weighted by Crippen LogP contribution is 2.53. The Hall–Kier alpha value is -4.57. The Balaban J connectivity index is 1.49. The highest BCUT2D eigenvalue weighted by Gasteiger charge is 2.43. The van der Waals surface area contributed by atoms with E-state index in [1.54, 1.807) is 49.0 Å². The van der Waals surface area contributed by atoms with Crippen molar-refractivity contribution < 1.29 is 41.1 Å².